The molecule has 0 amide bonds. The highest BCUT2D eigenvalue weighted by atomic mass is 16.3. The van der Waals surface area contributed by atoms with Crippen molar-refractivity contribution in [2.45, 2.75) is 26.7 Å². The van der Waals surface area contributed by atoms with E-state index >= 15 is 0 Å². The lowest BCUT2D eigenvalue weighted by atomic mass is 9.70. The van der Waals surface area contributed by atoms with Crippen molar-refractivity contribution in [3.05, 3.63) is 0 Å². The maximum atomic E-state index is 8.69. The molecule has 1 nitrogen and oxygen atoms in total. The molecule has 0 unspecified atom stereocenters. The fraction of sp³-hybridized carbons (Fsp3) is 1.00. The van der Waals surface area contributed by atoms with E-state index in [1.165, 1.54) is 12.8 Å². The lowest BCUT2D eigenvalue weighted by molar-refractivity contribution is 0.0801. The van der Waals surface area contributed by atoms with Crippen LogP contribution < -0.4 is 0 Å². The summed E-state index contributed by atoms with van der Waals surface area (Å²) in [5.74, 6) is 2.37. The van der Waals surface area contributed by atoms with Crippen molar-refractivity contribution < 1.29 is 5.11 Å². The van der Waals surface area contributed by atoms with Crippen LogP contribution in [0.5, 0.6) is 0 Å². The normalized spacial score (nSPS) is 34.7. The molecule has 0 atom stereocenters. The molecule has 1 aliphatic rings. The first-order chi connectivity index (χ1) is 4.24. The van der Waals surface area contributed by atoms with Crippen LogP contribution in [-0.4, -0.2) is 11.7 Å². The number of hydrogen-bond acceptors (Lipinski definition) is 1. The molecule has 0 heterocycles. The lowest BCUT2D eigenvalue weighted by Gasteiger charge is -2.36. The third-order valence-corrected chi connectivity index (χ3v) is 2.47. The second kappa shape index (κ2) is 2.70. The van der Waals surface area contributed by atoms with Crippen LogP contribution in [-0.2, 0) is 0 Å². The molecule has 9 heavy (non-hydrogen) atoms. The van der Waals surface area contributed by atoms with Crippen molar-refractivity contribution in [3.63, 3.8) is 0 Å². The fourth-order valence-electron chi connectivity index (χ4n) is 1.48. The third-order valence-electron chi connectivity index (χ3n) is 2.47. The van der Waals surface area contributed by atoms with Crippen LogP contribution in [0.1, 0.15) is 26.7 Å². The van der Waals surface area contributed by atoms with Crippen LogP contribution >= 0.6 is 0 Å². The summed E-state index contributed by atoms with van der Waals surface area (Å²) in [4.78, 5) is 0. The van der Waals surface area contributed by atoms with Crippen molar-refractivity contribution in [1.82, 2.24) is 0 Å². The number of aliphatic hydroxyl groups is 1. The van der Waals surface area contributed by atoms with Crippen LogP contribution in [0.25, 0.3) is 0 Å². The Morgan fingerprint density at radius 1 is 1.44 bits per heavy atom. The molecule has 0 aliphatic heterocycles. The quantitative estimate of drug-likeness (QED) is 0.599. The molecular formula is C8H16O. The number of rotatable bonds is 2. The molecule has 0 spiro atoms. The molecule has 0 saturated heterocycles. The van der Waals surface area contributed by atoms with Gasteiger partial charge in [-0.05, 0) is 30.6 Å². The zero-order valence-electron chi connectivity index (χ0n) is 6.30. The Labute approximate surface area is 57.1 Å². The third kappa shape index (κ3) is 1.45. The zero-order valence-corrected chi connectivity index (χ0v) is 6.30. The van der Waals surface area contributed by atoms with E-state index in [9.17, 15) is 0 Å². The standard InChI is InChI=1S/C8H16O/c1-6(2)8-3-7(4-8)5-9/h6-9H,3-5H2,1-2H3. The second-order valence-corrected chi connectivity index (χ2v) is 3.52. The number of hydrogen-bond donors (Lipinski definition) is 1. The van der Waals surface area contributed by atoms with Gasteiger partial charge in [0.1, 0.15) is 0 Å². The van der Waals surface area contributed by atoms with Crippen LogP contribution in [0, 0.1) is 17.8 Å². The predicted octanol–water partition coefficient (Wildman–Crippen LogP) is 1.66. The largest absolute Gasteiger partial charge is 0.396 e. The molecule has 1 fully saturated rings. The van der Waals surface area contributed by atoms with Gasteiger partial charge in [-0.1, -0.05) is 13.8 Å². The van der Waals surface area contributed by atoms with Crippen molar-refractivity contribution in [2.75, 3.05) is 6.61 Å². The molecule has 1 rings (SSSR count). The van der Waals surface area contributed by atoms with Gasteiger partial charge in [-0.2, -0.15) is 0 Å². The average Bonchev–Trinajstić information content (AvgIpc) is 1.61. The molecule has 1 N–H and O–H groups in total. The first-order valence-electron chi connectivity index (χ1n) is 3.85. The Balaban J connectivity index is 2.12. The van der Waals surface area contributed by atoms with Gasteiger partial charge in [-0.3, -0.25) is 0 Å². The highest BCUT2D eigenvalue weighted by molar-refractivity contribution is 4.80. The van der Waals surface area contributed by atoms with E-state index in [-0.39, 0.29) is 0 Å². The molecule has 0 aromatic carbocycles. The molecule has 0 aromatic heterocycles. The van der Waals surface area contributed by atoms with Gasteiger partial charge < -0.3 is 5.11 Å². The summed E-state index contributed by atoms with van der Waals surface area (Å²) in [6.07, 6.45) is 2.52. The Morgan fingerprint density at radius 2 is 2.00 bits per heavy atom. The van der Waals surface area contributed by atoms with Gasteiger partial charge in [0.2, 0.25) is 0 Å². The monoisotopic (exact) mass is 128 g/mol. The van der Waals surface area contributed by atoms with Crippen LogP contribution in [0.15, 0.2) is 0 Å². The molecule has 54 valence electrons. The van der Waals surface area contributed by atoms with Gasteiger partial charge in [-0.15, -0.1) is 0 Å². The smallest absolute Gasteiger partial charge is 0.0459 e. The Morgan fingerprint density at radius 3 is 2.33 bits per heavy atom. The average molecular weight is 128 g/mol. The summed E-state index contributed by atoms with van der Waals surface area (Å²) >= 11 is 0. The van der Waals surface area contributed by atoms with E-state index in [0.717, 1.165) is 11.8 Å². The summed E-state index contributed by atoms with van der Waals surface area (Å²) in [6.45, 7) is 4.93. The van der Waals surface area contributed by atoms with E-state index in [4.69, 9.17) is 5.11 Å². The first kappa shape index (κ1) is 7.07. The van der Waals surface area contributed by atoms with Gasteiger partial charge >= 0.3 is 0 Å². The summed E-state index contributed by atoms with van der Waals surface area (Å²) in [5, 5.41) is 8.69. The van der Waals surface area contributed by atoms with Crippen molar-refractivity contribution in [2.24, 2.45) is 17.8 Å². The lowest BCUT2D eigenvalue weighted by Crippen LogP contribution is -2.29. The first-order valence-corrected chi connectivity index (χ1v) is 3.85. The number of aliphatic hydroxyl groups excluding tert-OH is 1. The van der Waals surface area contributed by atoms with E-state index in [1.807, 2.05) is 0 Å². The minimum absolute atomic E-state index is 0.406. The molecule has 1 saturated carbocycles. The topological polar surface area (TPSA) is 20.2 Å². The van der Waals surface area contributed by atoms with Crippen LogP contribution in [0.3, 0.4) is 0 Å². The Hall–Kier alpha value is -0.0400. The van der Waals surface area contributed by atoms with Crippen LogP contribution in [0.4, 0.5) is 0 Å². The van der Waals surface area contributed by atoms with E-state index in [1.54, 1.807) is 0 Å². The molecule has 1 heteroatoms. The molecule has 1 aliphatic carbocycles. The van der Waals surface area contributed by atoms with Gasteiger partial charge in [0.25, 0.3) is 0 Å². The summed E-state index contributed by atoms with van der Waals surface area (Å²) in [5.41, 5.74) is 0. The Kier molecular flexibility index (Phi) is 2.12. The molecule has 0 radical (unpaired) electrons. The van der Waals surface area contributed by atoms with Crippen LogP contribution in [0.2, 0.25) is 0 Å². The predicted molar refractivity (Wildman–Crippen MR) is 38.1 cm³/mol. The van der Waals surface area contributed by atoms with Gasteiger partial charge in [0.05, 0.1) is 0 Å². The molecular weight excluding hydrogens is 112 g/mol. The highest BCUT2D eigenvalue weighted by Crippen LogP contribution is 2.37. The van der Waals surface area contributed by atoms with Crippen molar-refractivity contribution >= 4 is 0 Å². The molecule has 0 bridgehead atoms. The van der Waals surface area contributed by atoms with Crippen molar-refractivity contribution in [3.8, 4) is 0 Å². The fourth-order valence-corrected chi connectivity index (χ4v) is 1.48. The summed E-state index contributed by atoms with van der Waals surface area (Å²) < 4.78 is 0. The minimum Gasteiger partial charge on any atom is -0.396 e. The van der Waals surface area contributed by atoms with Gasteiger partial charge in [0, 0.05) is 6.61 Å². The van der Waals surface area contributed by atoms with E-state index in [2.05, 4.69) is 13.8 Å². The van der Waals surface area contributed by atoms with Crippen molar-refractivity contribution in [1.29, 1.82) is 0 Å². The van der Waals surface area contributed by atoms with E-state index < -0.39 is 0 Å². The minimum atomic E-state index is 0.406. The Bertz CT molecular complexity index is 82.6. The SMILES string of the molecule is CC(C)C1CC(CO)C1. The van der Waals surface area contributed by atoms with Gasteiger partial charge in [-0.25, -0.2) is 0 Å². The second-order valence-electron chi connectivity index (χ2n) is 3.52. The summed E-state index contributed by atoms with van der Waals surface area (Å²) in [6, 6.07) is 0. The maximum Gasteiger partial charge on any atom is 0.0459 e. The zero-order chi connectivity index (χ0) is 6.85. The van der Waals surface area contributed by atoms with E-state index in [0.29, 0.717) is 12.5 Å². The summed E-state index contributed by atoms with van der Waals surface area (Å²) in [7, 11) is 0. The highest BCUT2D eigenvalue weighted by Gasteiger charge is 2.29. The van der Waals surface area contributed by atoms with Gasteiger partial charge in [0.15, 0.2) is 0 Å². The maximum absolute atomic E-state index is 8.69. The molecule has 0 aromatic rings.